The third-order valence-electron chi connectivity index (χ3n) is 1.36. The van der Waals surface area contributed by atoms with Crippen LogP contribution in [0.1, 0.15) is 13.8 Å². The Hall–Kier alpha value is -0.870. The summed E-state index contributed by atoms with van der Waals surface area (Å²) < 4.78 is 10.1. The van der Waals surface area contributed by atoms with E-state index in [9.17, 15) is 4.79 Å². The van der Waals surface area contributed by atoms with Crippen molar-refractivity contribution in [3.63, 3.8) is 0 Å². The Morgan fingerprint density at radius 3 is 2.79 bits per heavy atom. The lowest BCUT2D eigenvalue weighted by Crippen LogP contribution is -2.26. The first-order valence-corrected chi connectivity index (χ1v) is 4.75. The summed E-state index contributed by atoms with van der Waals surface area (Å²) in [6, 6.07) is 0. The van der Waals surface area contributed by atoms with E-state index in [0.717, 1.165) is 0 Å². The monoisotopic (exact) mass is 201 g/mol. The highest BCUT2D eigenvalue weighted by molar-refractivity contribution is 5.71. The van der Waals surface area contributed by atoms with Crippen LogP contribution < -0.4 is 5.32 Å². The fourth-order valence-corrected chi connectivity index (χ4v) is 0.767. The lowest BCUT2D eigenvalue weighted by atomic mass is 10.5. The van der Waals surface area contributed by atoms with Gasteiger partial charge in [-0.05, 0) is 13.8 Å². The molecule has 0 heterocycles. The molecule has 0 aromatic carbocycles. The Labute approximate surface area is 85.3 Å². The highest BCUT2D eigenvalue weighted by Gasteiger charge is 2.00. The molecule has 0 aliphatic heterocycles. The predicted molar refractivity (Wildman–Crippen MR) is 55.1 cm³/mol. The van der Waals surface area contributed by atoms with Gasteiger partial charge in [-0.25, -0.2) is 0 Å². The first-order valence-electron chi connectivity index (χ1n) is 4.75. The van der Waals surface area contributed by atoms with Crippen LogP contribution in [-0.2, 0) is 14.3 Å². The third-order valence-corrected chi connectivity index (χ3v) is 1.36. The van der Waals surface area contributed by atoms with Gasteiger partial charge in [-0.3, -0.25) is 4.79 Å². The average molecular weight is 201 g/mol. The maximum absolute atomic E-state index is 11.0. The molecule has 0 amide bonds. The van der Waals surface area contributed by atoms with E-state index >= 15 is 0 Å². The molecule has 0 aromatic heterocycles. The number of ether oxygens (including phenoxy) is 2. The second kappa shape index (κ2) is 8.72. The minimum absolute atomic E-state index is 0.174. The standard InChI is InChI=1S/C10H19NO3/c1-4-5-11-8-10(12)14-7-6-13-9(2)3/h4,9,11H,1,5-8H2,2-3H3. The molecule has 0 saturated heterocycles. The van der Waals surface area contributed by atoms with Crippen LogP contribution in [0.3, 0.4) is 0 Å². The van der Waals surface area contributed by atoms with Crippen LogP contribution in [-0.4, -0.2) is 38.4 Å². The molecule has 0 spiro atoms. The van der Waals surface area contributed by atoms with Crippen LogP contribution in [0.2, 0.25) is 0 Å². The van der Waals surface area contributed by atoms with E-state index in [1.807, 2.05) is 13.8 Å². The topological polar surface area (TPSA) is 47.6 Å². The van der Waals surface area contributed by atoms with E-state index in [-0.39, 0.29) is 18.6 Å². The molecule has 0 fully saturated rings. The SMILES string of the molecule is C=CCNCC(=O)OCCOC(C)C. The Kier molecular flexibility index (Phi) is 8.17. The maximum atomic E-state index is 11.0. The molecule has 82 valence electrons. The Balaban J connectivity index is 3.22. The zero-order chi connectivity index (χ0) is 10.8. The van der Waals surface area contributed by atoms with Crippen LogP contribution in [0.25, 0.3) is 0 Å². The van der Waals surface area contributed by atoms with Crippen molar-refractivity contribution in [2.45, 2.75) is 20.0 Å². The Morgan fingerprint density at radius 1 is 1.50 bits per heavy atom. The normalized spacial score (nSPS) is 10.2. The van der Waals surface area contributed by atoms with Crippen molar-refractivity contribution < 1.29 is 14.3 Å². The summed E-state index contributed by atoms with van der Waals surface area (Å²) in [5, 5.41) is 2.85. The van der Waals surface area contributed by atoms with Crippen molar-refractivity contribution in [1.82, 2.24) is 5.32 Å². The molecule has 0 aliphatic carbocycles. The maximum Gasteiger partial charge on any atom is 0.320 e. The number of esters is 1. The van der Waals surface area contributed by atoms with Crippen LogP contribution in [0.4, 0.5) is 0 Å². The van der Waals surface area contributed by atoms with Gasteiger partial charge in [0.15, 0.2) is 0 Å². The second-order valence-electron chi connectivity index (χ2n) is 3.06. The highest BCUT2D eigenvalue weighted by Crippen LogP contribution is 1.87. The van der Waals surface area contributed by atoms with Gasteiger partial charge in [0, 0.05) is 6.54 Å². The summed E-state index contributed by atoms with van der Waals surface area (Å²) in [5.41, 5.74) is 0. The van der Waals surface area contributed by atoms with Gasteiger partial charge < -0.3 is 14.8 Å². The molecule has 0 unspecified atom stereocenters. The first kappa shape index (κ1) is 13.1. The number of rotatable bonds is 8. The molecule has 0 bridgehead atoms. The van der Waals surface area contributed by atoms with Crippen molar-refractivity contribution in [2.75, 3.05) is 26.3 Å². The molecular weight excluding hydrogens is 182 g/mol. The quantitative estimate of drug-likeness (QED) is 0.357. The van der Waals surface area contributed by atoms with E-state index in [0.29, 0.717) is 19.8 Å². The molecule has 0 aliphatic rings. The number of carbonyl (C=O) groups is 1. The molecule has 0 atom stereocenters. The fraction of sp³-hybridized carbons (Fsp3) is 0.700. The van der Waals surface area contributed by atoms with Crippen LogP contribution in [0.15, 0.2) is 12.7 Å². The van der Waals surface area contributed by atoms with Crippen LogP contribution in [0.5, 0.6) is 0 Å². The van der Waals surface area contributed by atoms with Gasteiger partial charge in [-0.15, -0.1) is 6.58 Å². The Bertz CT molecular complexity index is 169. The van der Waals surface area contributed by atoms with Crippen molar-refractivity contribution in [3.05, 3.63) is 12.7 Å². The van der Waals surface area contributed by atoms with Gasteiger partial charge in [0.05, 0.1) is 19.3 Å². The molecular formula is C10H19NO3. The van der Waals surface area contributed by atoms with E-state index in [2.05, 4.69) is 11.9 Å². The Morgan fingerprint density at radius 2 is 2.21 bits per heavy atom. The van der Waals surface area contributed by atoms with Gasteiger partial charge >= 0.3 is 5.97 Å². The lowest BCUT2D eigenvalue weighted by Gasteiger charge is -2.08. The van der Waals surface area contributed by atoms with Gasteiger partial charge in [-0.1, -0.05) is 6.08 Å². The molecule has 14 heavy (non-hydrogen) atoms. The second-order valence-corrected chi connectivity index (χ2v) is 3.06. The summed E-state index contributed by atoms with van der Waals surface area (Å²) in [4.78, 5) is 11.0. The van der Waals surface area contributed by atoms with Gasteiger partial charge in [0.1, 0.15) is 6.61 Å². The average Bonchev–Trinajstić information content (AvgIpc) is 2.13. The summed E-state index contributed by atoms with van der Waals surface area (Å²) in [5.74, 6) is -0.265. The summed E-state index contributed by atoms with van der Waals surface area (Å²) in [7, 11) is 0. The smallest absolute Gasteiger partial charge is 0.320 e. The third kappa shape index (κ3) is 9.22. The van der Waals surface area contributed by atoms with Crippen molar-refractivity contribution in [3.8, 4) is 0 Å². The van der Waals surface area contributed by atoms with Crippen molar-refractivity contribution >= 4 is 5.97 Å². The lowest BCUT2D eigenvalue weighted by molar-refractivity contribution is -0.144. The summed E-state index contributed by atoms with van der Waals surface area (Å²) in [6.45, 7) is 8.98. The predicted octanol–water partition coefficient (Wildman–Crippen LogP) is 0.730. The number of nitrogens with one attached hydrogen (secondary N) is 1. The van der Waals surface area contributed by atoms with Gasteiger partial charge in [-0.2, -0.15) is 0 Å². The molecule has 0 aromatic rings. The van der Waals surface area contributed by atoms with Crippen molar-refractivity contribution in [2.24, 2.45) is 0 Å². The van der Waals surface area contributed by atoms with Gasteiger partial charge in [0.25, 0.3) is 0 Å². The minimum atomic E-state index is -0.265. The van der Waals surface area contributed by atoms with Crippen molar-refractivity contribution in [1.29, 1.82) is 0 Å². The van der Waals surface area contributed by atoms with Gasteiger partial charge in [0.2, 0.25) is 0 Å². The number of hydrogen-bond acceptors (Lipinski definition) is 4. The molecule has 0 radical (unpaired) electrons. The van der Waals surface area contributed by atoms with E-state index in [4.69, 9.17) is 9.47 Å². The van der Waals surface area contributed by atoms with Crippen LogP contribution in [0, 0.1) is 0 Å². The number of carbonyl (C=O) groups excluding carboxylic acids is 1. The summed E-state index contributed by atoms with van der Waals surface area (Å²) in [6.07, 6.45) is 1.86. The van der Waals surface area contributed by atoms with Crippen LogP contribution >= 0.6 is 0 Å². The fourth-order valence-electron chi connectivity index (χ4n) is 0.767. The molecule has 4 heteroatoms. The first-order chi connectivity index (χ1) is 6.66. The minimum Gasteiger partial charge on any atom is -0.462 e. The highest BCUT2D eigenvalue weighted by atomic mass is 16.6. The largest absolute Gasteiger partial charge is 0.462 e. The van der Waals surface area contributed by atoms with E-state index < -0.39 is 0 Å². The number of hydrogen-bond donors (Lipinski definition) is 1. The zero-order valence-electron chi connectivity index (χ0n) is 8.91. The summed E-state index contributed by atoms with van der Waals surface area (Å²) >= 11 is 0. The zero-order valence-corrected chi connectivity index (χ0v) is 8.91. The van der Waals surface area contributed by atoms with E-state index in [1.165, 1.54) is 0 Å². The van der Waals surface area contributed by atoms with E-state index in [1.54, 1.807) is 6.08 Å². The molecule has 1 N–H and O–H groups in total. The molecule has 4 nitrogen and oxygen atoms in total. The molecule has 0 rings (SSSR count). The molecule has 0 saturated carbocycles.